The lowest BCUT2D eigenvalue weighted by molar-refractivity contribution is 0.0941. The van der Waals surface area contributed by atoms with E-state index >= 15 is 0 Å². The smallest absolute Gasteiger partial charge is 0.252 e. The van der Waals surface area contributed by atoms with Crippen molar-refractivity contribution in [1.29, 1.82) is 0 Å². The lowest BCUT2D eigenvalue weighted by atomic mass is 10.0. The fourth-order valence-corrected chi connectivity index (χ4v) is 3.67. The van der Waals surface area contributed by atoms with Gasteiger partial charge in [0.1, 0.15) is 0 Å². The number of aryl methyl sites for hydroxylation is 3. The van der Waals surface area contributed by atoms with E-state index in [0.29, 0.717) is 11.5 Å². The van der Waals surface area contributed by atoms with E-state index in [-0.39, 0.29) is 11.9 Å². The Morgan fingerprint density at radius 2 is 2.00 bits per heavy atom. The summed E-state index contributed by atoms with van der Waals surface area (Å²) in [5.41, 5.74) is 5.48. The molecule has 3 aromatic rings. The Morgan fingerprint density at radius 3 is 2.62 bits per heavy atom. The number of hydrogen-bond donors (Lipinski definition) is 1. The van der Waals surface area contributed by atoms with Crippen LogP contribution in [0.1, 0.15) is 64.7 Å². The minimum Gasteiger partial charge on any atom is -0.345 e. The van der Waals surface area contributed by atoms with Gasteiger partial charge in [0.2, 0.25) is 0 Å². The minimum absolute atomic E-state index is 0.0950. The second kappa shape index (κ2) is 5.93. The Kier molecular flexibility index (Phi) is 3.82. The van der Waals surface area contributed by atoms with Gasteiger partial charge in [-0.25, -0.2) is 4.98 Å². The van der Waals surface area contributed by atoms with Crippen LogP contribution in [0.25, 0.3) is 11.0 Å². The number of amides is 1. The molecule has 7 heteroatoms. The highest BCUT2D eigenvalue weighted by Crippen LogP contribution is 2.40. The predicted molar refractivity (Wildman–Crippen MR) is 99.0 cm³/mol. The van der Waals surface area contributed by atoms with Crippen molar-refractivity contribution < 1.29 is 4.79 Å². The molecule has 136 valence electrons. The van der Waals surface area contributed by atoms with Crippen LogP contribution < -0.4 is 5.32 Å². The van der Waals surface area contributed by atoms with E-state index in [9.17, 15) is 4.79 Å². The van der Waals surface area contributed by atoms with Crippen molar-refractivity contribution >= 4 is 16.9 Å². The summed E-state index contributed by atoms with van der Waals surface area (Å²) in [4.78, 5) is 17.8. The van der Waals surface area contributed by atoms with E-state index in [4.69, 9.17) is 4.98 Å². The van der Waals surface area contributed by atoms with Crippen LogP contribution >= 0.6 is 0 Å². The number of nitrogens with one attached hydrogen (secondary N) is 1. The second-order valence-corrected chi connectivity index (χ2v) is 7.28. The van der Waals surface area contributed by atoms with Crippen molar-refractivity contribution in [3.8, 4) is 0 Å². The summed E-state index contributed by atoms with van der Waals surface area (Å²) >= 11 is 0. The molecule has 7 nitrogen and oxygen atoms in total. The Bertz CT molecular complexity index is 1010. The zero-order valence-corrected chi connectivity index (χ0v) is 15.9. The number of hydrogen-bond acceptors (Lipinski definition) is 4. The van der Waals surface area contributed by atoms with Gasteiger partial charge in [0.05, 0.1) is 28.9 Å². The van der Waals surface area contributed by atoms with Crippen LogP contribution in [0, 0.1) is 13.8 Å². The minimum atomic E-state index is -0.125. The van der Waals surface area contributed by atoms with Crippen molar-refractivity contribution in [2.24, 2.45) is 14.1 Å². The number of pyridine rings is 1. The van der Waals surface area contributed by atoms with Gasteiger partial charge in [-0.1, -0.05) is 0 Å². The zero-order valence-electron chi connectivity index (χ0n) is 15.9. The van der Waals surface area contributed by atoms with Crippen molar-refractivity contribution in [2.75, 3.05) is 0 Å². The summed E-state index contributed by atoms with van der Waals surface area (Å²) in [5.74, 6) is 0.378. The number of aromatic nitrogens is 5. The summed E-state index contributed by atoms with van der Waals surface area (Å²) in [6.45, 7) is 6.00. The molecule has 1 aliphatic carbocycles. The number of rotatable bonds is 4. The molecule has 0 aliphatic heterocycles. The average molecular weight is 352 g/mol. The van der Waals surface area contributed by atoms with Crippen molar-refractivity contribution in [2.45, 2.75) is 45.6 Å². The third-order valence-electron chi connectivity index (χ3n) is 5.31. The summed E-state index contributed by atoms with van der Waals surface area (Å²) in [7, 11) is 3.78. The molecule has 1 N–H and O–H groups in total. The number of carbonyl (C=O) groups excluding carboxylic acids is 1. The van der Waals surface area contributed by atoms with Crippen LogP contribution in [0.3, 0.4) is 0 Å². The summed E-state index contributed by atoms with van der Waals surface area (Å²) in [5, 5.41) is 12.7. The molecule has 0 radical (unpaired) electrons. The highest BCUT2D eigenvalue weighted by Gasteiger charge is 2.28. The monoisotopic (exact) mass is 352 g/mol. The topological polar surface area (TPSA) is 77.6 Å². The average Bonchev–Trinajstić information content (AvgIpc) is 3.32. The zero-order chi connectivity index (χ0) is 18.6. The van der Waals surface area contributed by atoms with E-state index in [2.05, 4.69) is 15.5 Å². The second-order valence-electron chi connectivity index (χ2n) is 7.28. The van der Waals surface area contributed by atoms with Gasteiger partial charge in [-0.2, -0.15) is 10.2 Å². The first-order chi connectivity index (χ1) is 12.4. The fraction of sp³-hybridized carbons (Fsp3) is 0.474. The number of fused-ring (bicyclic) bond motifs is 1. The largest absolute Gasteiger partial charge is 0.345 e. The maximum absolute atomic E-state index is 13.1. The lowest BCUT2D eigenvalue weighted by Gasteiger charge is -2.16. The molecule has 4 rings (SSSR count). The molecule has 0 bridgehead atoms. The maximum Gasteiger partial charge on any atom is 0.252 e. The first kappa shape index (κ1) is 16.8. The first-order valence-corrected chi connectivity index (χ1v) is 9.00. The summed E-state index contributed by atoms with van der Waals surface area (Å²) in [6.07, 6.45) is 4.00. The maximum atomic E-state index is 13.1. The fourth-order valence-electron chi connectivity index (χ4n) is 3.67. The molecule has 3 heterocycles. The van der Waals surface area contributed by atoms with Crippen molar-refractivity contribution in [1.82, 2.24) is 29.9 Å². The molecule has 26 heavy (non-hydrogen) atoms. The molecule has 1 atom stereocenters. The summed E-state index contributed by atoms with van der Waals surface area (Å²) in [6, 6.07) is 1.81. The van der Waals surface area contributed by atoms with Crippen LogP contribution in [0.4, 0.5) is 0 Å². The van der Waals surface area contributed by atoms with Crippen LogP contribution in [0.5, 0.6) is 0 Å². The van der Waals surface area contributed by atoms with Gasteiger partial charge in [0, 0.05) is 37.0 Å². The number of nitrogens with zero attached hydrogens (tertiary/aromatic N) is 5. The van der Waals surface area contributed by atoms with Gasteiger partial charge in [0.15, 0.2) is 5.65 Å². The molecule has 3 aromatic heterocycles. The van der Waals surface area contributed by atoms with Gasteiger partial charge in [-0.05, 0) is 39.7 Å². The van der Waals surface area contributed by atoms with Crippen molar-refractivity contribution in [3.05, 3.63) is 40.5 Å². The molecule has 0 aromatic carbocycles. The van der Waals surface area contributed by atoms with Gasteiger partial charge < -0.3 is 5.32 Å². The van der Waals surface area contributed by atoms with E-state index in [0.717, 1.165) is 46.5 Å². The normalized spacial score (nSPS) is 15.4. The quantitative estimate of drug-likeness (QED) is 0.783. The van der Waals surface area contributed by atoms with Crippen LogP contribution in [-0.4, -0.2) is 30.5 Å². The van der Waals surface area contributed by atoms with E-state index in [1.807, 2.05) is 45.6 Å². The molecular formula is C19H24N6O. The molecule has 0 saturated heterocycles. The molecule has 1 fully saturated rings. The third-order valence-corrected chi connectivity index (χ3v) is 5.31. The van der Waals surface area contributed by atoms with E-state index < -0.39 is 0 Å². The number of carbonyl (C=O) groups is 1. The Balaban J connectivity index is 1.70. The molecule has 1 amide bonds. The van der Waals surface area contributed by atoms with Gasteiger partial charge in [0.25, 0.3) is 5.91 Å². The standard InChI is InChI=1S/C19H24N6O/c1-10(17-11(2)23-24(4)12(17)3)21-19(26)14-8-16(13-6-7-13)22-18-15(14)9-20-25(18)5/h8-10,13H,6-7H2,1-5H3,(H,21,26)/t10-/m0/s1. The van der Waals surface area contributed by atoms with Crippen molar-refractivity contribution in [3.63, 3.8) is 0 Å². The summed E-state index contributed by atoms with van der Waals surface area (Å²) < 4.78 is 3.58. The highest BCUT2D eigenvalue weighted by molar-refractivity contribution is 6.05. The third kappa shape index (κ3) is 2.67. The van der Waals surface area contributed by atoms with Crippen LogP contribution in [0.2, 0.25) is 0 Å². The predicted octanol–water partition coefficient (Wildman–Crippen LogP) is 2.69. The van der Waals surface area contributed by atoms with Gasteiger partial charge in [-0.15, -0.1) is 0 Å². The van der Waals surface area contributed by atoms with Gasteiger partial charge >= 0.3 is 0 Å². The Morgan fingerprint density at radius 1 is 1.27 bits per heavy atom. The SMILES string of the molecule is Cc1nn(C)c(C)c1[C@H](C)NC(=O)c1cc(C2CC2)nc2c1cnn2C. The Hall–Kier alpha value is -2.70. The van der Waals surface area contributed by atoms with Gasteiger partial charge in [-0.3, -0.25) is 14.2 Å². The first-order valence-electron chi connectivity index (χ1n) is 9.00. The van der Waals surface area contributed by atoms with E-state index in [1.54, 1.807) is 10.9 Å². The van der Waals surface area contributed by atoms with Crippen LogP contribution in [0.15, 0.2) is 12.3 Å². The van der Waals surface area contributed by atoms with Crippen LogP contribution in [-0.2, 0) is 14.1 Å². The molecule has 1 saturated carbocycles. The Labute approximate surface area is 152 Å². The molecule has 0 spiro atoms. The highest BCUT2D eigenvalue weighted by atomic mass is 16.1. The molecular weight excluding hydrogens is 328 g/mol. The lowest BCUT2D eigenvalue weighted by Crippen LogP contribution is -2.27. The molecule has 0 unspecified atom stereocenters. The molecule has 1 aliphatic rings. The van der Waals surface area contributed by atoms with E-state index in [1.165, 1.54) is 0 Å².